The fourth-order valence-corrected chi connectivity index (χ4v) is 3.39. The van der Waals surface area contributed by atoms with Gasteiger partial charge in [0.25, 0.3) is 0 Å². The molecule has 1 heterocycles. The summed E-state index contributed by atoms with van der Waals surface area (Å²) in [5.74, 6) is 1.28. The van der Waals surface area contributed by atoms with Crippen molar-refractivity contribution < 1.29 is 21.2 Å². The van der Waals surface area contributed by atoms with E-state index in [2.05, 4.69) is 20.4 Å². The van der Waals surface area contributed by atoms with E-state index in [1.54, 1.807) is 6.07 Å². The van der Waals surface area contributed by atoms with Crippen LogP contribution in [0.4, 0.5) is 13.6 Å². The van der Waals surface area contributed by atoms with Crippen LogP contribution in [0.15, 0.2) is 18.3 Å². The number of halogens is 2. The Morgan fingerprint density at radius 1 is 1.41 bits per heavy atom. The summed E-state index contributed by atoms with van der Waals surface area (Å²) in [6, 6.07) is 3.10. The van der Waals surface area contributed by atoms with E-state index in [1.807, 2.05) is 0 Å². The van der Waals surface area contributed by atoms with Crippen LogP contribution >= 0.6 is 0 Å². The molecule has 2 aliphatic carbocycles. The molecule has 0 bridgehead atoms. The predicted octanol–water partition coefficient (Wildman–Crippen LogP) is 3.16. The summed E-state index contributed by atoms with van der Waals surface area (Å²) in [6.07, 6.45) is 6.12. The number of fused-ring (bicyclic) bond motifs is 1. The number of nitrogens with zero attached hydrogens (tertiary/aromatic N) is 1. The number of carbonyl (C=O) groups is 1. The van der Waals surface area contributed by atoms with E-state index >= 15 is 0 Å². The first-order chi connectivity index (χ1) is 10.6. The molecule has 1 aromatic heterocycles. The molecule has 0 aromatic carbocycles. The van der Waals surface area contributed by atoms with Gasteiger partial charge in [-0.15, -0.1) is 0 Å². The molecule has 7 heteroatoms. The third-order valence-electron chi connectivity index (χ3n) is 4.62. The van der Waals surface area contributed by atoms with Crippen LogP contribution in [0.3, 0.4) is 0 Å². The van der Waals surface area contributed by atoms with Crippen molar-refractivity contribution in [1.82, 2.24) is 15.6 Å². The first kappa shape index (κ1) is 15.0. The molecule has 124 valence electrons. The van der Waals surface area contributed by atoms with Crippen LogP contribution in [0.2, 0.25) is 0 Å². The van der Waals surface area contributed by atoms with Crippen LogP contribution < -0.4 is 15.4 Å². The molecule has 3 atom stereocenters. The molecule has 0 spiro atoms. The lowest BCUT2D eigenvalue weighted by Crippen LogP contribution is -2.45. The lowest BCUT2D eigenvalue weighted by Gasteiger charge is -2.34. The van der Waals surface area contributed by atoms with E-state index in [0.29, 0.717) is 11.5 Å². The van der Waals surface area contributed by atoms with Gasteiger partial charge in [0.15, 0.2) is 0 Å². The number of pyridine rings is 1. The van der Waals surface area contributed by atoms with Crippen molar-refractivity contribution in [2.45, 2.75) is 44.9 Å². The molecule has 0 saturated heterocycles. The van der Waals surface area contributed by atoms with Gasteiger partial charge in [0.2, 0.25) is 5.88 Å². The van der Waals surface area contributed by atoms with Gasteiger partial charge in [-0.2, -0.15) is 8.78 Å². The van der Waals surface area contributed by atoms with Gasteiger partial charge in [-0.25, -0.2) is 9.78 Å². The van der Waals surface area contributed by atoms with Gasteiger partial charge >= 0.3 is 12.6 Å². The van der Waals surface area contributed by atoms with Crippen LogP contribution in [0, 0.1) is 11.8 Å². The number of rotatable bonds is 5. The molecule has 22 heavy (non-hydrogen) atoms. The van der Waals surface area contributed by atoms with Crippen LogP contribution in [0.25, 0.3) is 0 Å². The topological polar surface area (TPSA) is 63.2 Å². The minimum absolute atomic E-state index is 0. The predicted molar refractivity (Wildman–Crippen MR) is 79.7 cm³/mol. The second kappa shape index (κ2) is 6.46. The third kappa shape index (κ3) is 3.45. The van der Waals surface area contributed by atoms with E-state index in [1.165, 1.54) is 31.5 Å². The lowest BCUT2D eigenvalue weighted by molar-refractivity contribution is -0.0529. The molecular weight excluding hydrogens is 292 g/mol. The third-order valence-corrected chi connectivity index (χ3v) is 4.62. The highest BCUT2D eigenvalue weighted by molar-refractivity contribution is 5.74. The molecule has 0 aliphatic heterocycles. The van der Waals surface area contributed by atoms with Crippen molar-refractivity contribution in [2.24, 2.45) is 11.8 Å². The molecular formula is C15H23F2N3O2. The van der Waals surface area contributed by atoms with Crippen molar-refractivity contribution in [2.75, 3.05) is 0 Å². The van der Waals surface area contributed by atoms with Crippen LogP contribution in [-0.4, -0.2) is 23.7 Å². The van der Waals surface area contributed by atoms with Gasteiger partial charge in [-0.1, -0.05) is 0 Å². The Balaban J connectivity index is 0.00000144. The molecule has 2 aliphatic rings. The van der Waals surface area contributed by atoms with E-state index in [9.17, 15) is 13.6 Å². The average Bonchev–Trinajstić information content (AvgIpc) is 2.70. The van der Waals surface area contributed by atoms with Crippen LogP contribution in [0.5, 0.6) is 5.88 Å². The fraction of sp³-hybridized carbons (Fsp3) is 0.600. The Morgan fingerprint density at radius 3 is 2.91 bits per heavy atom. The Labute approximate surface area is 130 Å². The lowest BCUT2D eigenvalue weighted by atomic mass is 9.75. The second-order valence-corrected chi connectivity index (χ2v) is 5.89. The van der Waals surface area contributed by atoms with Gasteiger partial charge in [-0.3, -0.25) is 0 Å². The van der Waals surface area contributed by atoms with Crippen molar-refractivity contribution in [1.29, 1.82) is 0 Å². The first-order valence-corrected chi connectivity index (χ1v) is 7.56. The largest absolute Gasteiger partial charge is 0.417 e. The Bertz CT molecular complexity index is 551. The van der Waals surface area contributed by atoms with E-state index in [-0.39, 0.29) is 27.4 Å². The Hall–Kier alpha value is -1.92. The van der Waals surface area contributed by atoms with Crippen molar-refractivity contribution >= 4 is 6.03 Å². The van der Waals surface area contributed by atoms with Crippen molar-refractivity contribution in [3.63, 3.8) is 0 Å². The smallest absolute Gasteiger partial charge is 0.388 e. The van der Waals surface area contributed by atoms with Crippen molar-refractivity contribution in [3.8, 4) is 5.88 Å². The molecule has 5 nitrogen and oxygen atoms in total. The summed E-state index contributed by atoms with van der Waals surface area (Å²) >= 11 is 0. The second-order valence-electron chi connectivity index (χ2n) is 5.89. The summed E-state index contributed by atoms with van der Waals surface area (Å²) in [4.78, 5) is 15.6. The first-order valence-electron chi connectivity index (χ1n) is 7.56. The summed E-state index contributed by atoms with van der Waals surface area (Å²) < 4.78 is 28.5. The number of aromatic nitrogens is 1. The summed E-state index contributed by atoms with van der Waals surface area (Å²) in [5, 5.41) is 5.76. The number of ether oxygens (including phenoxy) is 1. The van der Waals surface area contributed by atoms with Crippen LogP contribution in [0.1, 0.15) is 34.1 Å². The van der Waals surface area contributed by atoms with Gasteiger partial charge in [0.05, 0.1) is 0 Å². The molecule has 0 radical (unpaired) electrons. The summed E-state index contributed by atoms with van der Waals surface area (Å²) in [5.41, 5.74) is 0.661. The van der Waals surface area contributed by atoms with Gasteiger partial charge in [0.1, 0.15) is 0 Å². The molecule has 3 rings (SSSR count). The minimum atomic E-state index is -2.91. The minimum Gasteiger partial charge on any atom is -0.417 e. The maximum atomic E-state index is 12.1. The number of hydrogen-bond acceptors (Lipinski definition) is 3. The number of carbonyl (C=O) groups excluding carboxylic acids is 1. The molecule has 1 unspecified atom stereocenters. The zero-order valence-corrected chi connectivity index (χ0v) is 12.1. The molecule has 2 N–H and O–H groups in total. The molecule has 1 aromatic rings. The monoisotopic (exact) mass is 315 g/mol. The summed E-state index contributed by atoms with van der Waals surface area (Å²) in [6.45, 7) is -2.66. The highest BCUT2D eigenvalue weighted by Crippen LogP contribution is 2.46. The number of urea groups is 1. The number of amides is 2. The highest BCUT2D eigenvalue weighted by Gasteiger charge is 2.42. The zero-order valence-electron chi connectivity index (χ0n) is 12.1. The molecule has 2 amide bonds. The Kier molecular flexibility index (Phi) is 4.40. The Morgan fingerprint density at radius 2 is 2.23 bits per heavy atom. The number of alkyl halides is 2. The van der Waals surface area contributed by atoms with Crippen molar-refractivity contribution in [3.05, 3.63) is 23.9 Å². The maximum absolute atomic E-state index is 12.1. The maximum Gasteiger partial charge on any atom is 0.388 e. The van der Waals surface area contributed by atoms with Gasteiger partial charge < -0.3 is 15.4 Å². The molecule has 2 fully saturated rings. The number of hydrogen-bond donors (Lipinski definition) is 2. The zero-order chi connectivity index (χ0) is 15.5. The summed E-state index contributed by atoms with van der Waals surface area (Å²) in [7, 11) is 0. The quantitative estimate of drug-likeness (QED) is 0.877. The standard InChI is InChI=1S/C15H19F2N3O2.2H2/c16-14(17)22-13-7-9(5-6-18-13)8-19-15(21)20-12-4-2-10-1-3-11(10)12;;/h5-7,10-12,14H,1-4,8H2,(H2,19,20,21);2*1H/t10-,11-,12?;;/m0../s1. The molecule has 2 saturated carbocycles. The van der Waals surface area contributed by atoms with E-state index < -0.39 is 6.61 Å². The van der Waals surface area contributed by atoms with Gasteiger partial charge in [0, 0.05) is 27.7 Å². The normalized spacial score (nSPS) is 26.2. The fourth-order valence-electron chi connectivity index (χ4n) is 3.39. The average molecular weight is 315 g/mol. The number of nitrogens with one attached hydrogen (secondary N) is 2. The van der Waals surface area contributed by atoms with E-state index in [4.69, 9.17) is 0 Å². The van der Waals surface area contributed by atoms with Crippen LogP contribution in [-0.2, 0) is 6.54 Å². The van der Waals surface area contributed by atoms with E-state index in [0.717, 1.165) is 12.3 Å². The SMILES string of the molecule is O=C(NCc1ccnc(OC(F)F)c1)NC1CC[C@@H]2CC[C@H]12.[HH].[HH]. The van der Waals surface area contributed by atoms with Gasteiger partial charge in [-0.05, 0) is 49.1 Å². The highest BCUT2D eigenvalue weighted by atomic mass is 19.3.